The second-order valence-electron chi connectivity index (χ2n) is 3.05. The molecule has 16 heavy (non-hydrogen) atoms. The van der Waals surface area contributed by atoms with Gasteiger partial charge in [-0.2, -0.15) is 13.2 Å². The second kappa shape index (κ2) is 5.96. The lowest BCUT2D eigenvalue weighted by Crippen LogP contribution is -2.14. The first kappa shape index (κ1) is 15.1. The molecule has 0 amide bonds. The Morgan fingerprint density at radius 2 is 1.94 bits per heavy atom. The van der Waals surface area contributed by atoms with Crippen LogP contribution in [-0.2, 0) is 12.7 Å². The summed E-state index contributed by atoms with van der Waals surface area (Å²) >= 11 is 0. The van der Waals surface area contributed by atoms with Crippen LogP contribution in [0, 0.1) is 0 Å². The summed E-state index contributed by atoms with van der Waals surface area (Å²) in [5.41, 5.74) is -0.443. The molecule has 0 unspecified atom stereocenters. The molecule has 0 aliphatic heterocycles. The number of benzene rings is 1. The maximum Gasteiger partial charge on any atom is 0.416 e. The van der Waals surface area contributed by atoms with Gasteiger partial charge in [-0.1, -0.05) is 6.07 Å². The van der Waals surface area contributed by atoms with Crippen LogP contribution in [-0.4, -0.2) is 14.2 Å². The van der Waals surface area contributed by atoms with Crippen LogP contribution in [0.25, 0.3) is 0 Å². The highest BCUT2D eigenvalue weighted by atomic mass is 35.5. The van der Waals surface area contributed by atoms with Gasteiger partial charge in [-0.3, -0.25) is 0 Å². The number of halogens is 4. The Kier molecular flexibility index (Phi) is 5.61. The van der Waals surface area contributed by atoms with E-state index in [4.69, 9.17) is 4.74 Å². The van der Waals surface area contributed by atoms with Crippen molar-refractivity contribution in [3.05, 3.63) is 29.3 Å². The van der Waals surface area contributed by atoms with Crippen LogP contribution in [0.1, 0.15) is 11.1 Å². The number of alkyl halides is 3. The van der Waals surface area contributed by atoms with E-state index < -0.39 is 11.7 Å². The lowest BCUT2D eigenvalue weighted by Gasteiger charge is -2.13. The van der Waals surface area contributed by atoms with Crippen molar-refractivity contribution < 1.29 is 17.9 Å². The topological polar surface area (TPSA) is 21.3 Å². The molecule has 1 aromatic rings. The molecule has 0 aliphatic rings. The molecule has 0 bridgehead atoms. The zero-order valence-electron chi connectivity index (χ0n) is 8.89. The Morgan fingerprint density at radius 1 is 1.31 bits per heavy atom. The molecule has 6 heteroatoms. The van der Waals surface area contributed by atoms with Gasteiger partial charge in [0.05, 0.1) is 12.7 Å². The fourth-order valence-corrected chi connectivity index (χ4v) is 1.29. The van der Waals surface area contributed by atoms with Crippen LogP contribution in [0.3, 0.4) is 0 Å². The molecule has 1 rings (SSSR count). The van der Waals surface area contributed by atoms with E-state index in [0.29, 0.717) is 0 Å². The summed E-state index contributed by atoms with van der Waals surface area (Å²) < 4.78 is 42.6. The van der Waals surface area contributed by atoms with Gasteiger partial charge in [-0.25, -0.2) is 0 Å². The number of ether oxygens (including phenoxy) is 1. The molecule has 1 N–H and O–H groups in total. The van der Waals surface area contributed by atoms with Crippen LogP contribution in [0.15, 0.2) is 18.2 Å². The first-order valence-corrected chi connectivity index (χ1v) is 4.37. The van der Waals surface area contributed by atoms with Gasteiger partial charge in [-0.15, -0.1) is 12.4 Å². The van der Waals surface area contributed by atoms with E-state index in [0.717, 1.165) is 6.07 Å². The Labute approximate surface area is 98.2 Å². The average molecular weight is 256 g/mol. The third-order valence-electron chi connectivity index (χ3n) is 1.99. The minimum atomic E-state index is -4.35. The van der Waals surface area contributed by atoms with Crippen molar-refractivity contribution in [2.75, 3.05) is 14.2 Å². The first-order chi connectivity index (χ1) is 6.99. The molecular formula is C10H13ClF3NO. The second-order valence-corrected chi connectivity index (χ2v) is 3.05. The normalized spacial score (nSPS) is 10.8. The van der Waals surface area contributed by atoms with Gasteiger partial charge in [0.2, 0.25) is 0 Å². The summed E-state index contributed by atoms with van der Waals surface area (Å²) in [6.07, 6.45) is -4.35. The Hall–Kier alpha value is -0.940. The van der Waals surface area contributed by atoms with Crippen molar-refractivity contribution in [1.29, 1.82) is 0 Å². The quantitative estimate of drug-likeness (QED) is 0.897. The smallest absolute Gasteiger partial charge is 0.416 e. The van der Waals surface area contributed by atoms with Gasteiger partial charge >= 0.3 is 6.18 Å². The van der Waals surface area contributed by atoms with E-state index >= 15 is 0 Å². The Morgan fingerprint density at radius 3 is 2.38 bits per heavy atom. The van der Waals surface area contributed by atoms with Gasteiger partial charge in [0.25, 0.3) is 0 Å². The number of rotatable bonds is 3. The first-order valence-electron chi connectivity index (χ1n) is 4.37. The molecule has 1 aromatic carbocycles. The summed E-state index contributed by atoms with van der Waals surface area (Å²) in [4.78, 5) is 0. The van der Waals surface area contributed by atoms with Crippen molar-refractivity contribution in [3.63, 3.8) is 0 Å². The predicted molar refractivity (Wildman–Crippen MR) is 58.0 cm³/mol. The molecule has 0 aliphatic carbocycles. The predicted octanol–water partition coefficient (Wildman–Crippen LogP) is 2.86. The number of hydrogen-bond donors (Lipinski definition) is 1. The number of nitrogens with one attached hydrogen (secondary N) is 1. The third-order valence-corrected chi connectivity index (χ3v) is 1.99. The van der Waals surface area contributed by atoms with Crippen LogP contribution in [0.5, 0.6) is 5.75 Å². The lowest BCUT2D eigenvalue weighted by molar-refractivity contribution is -0.138. The summed E-state index contributed by atoms with van der Waals surface area (Å²) in [7, 11) is 2.94. The fourth-order valence-electron chi connectivity index (χ4n) is 1.29. The van der Waals surface area contributed by atoms with Crippen LogP contribution < -0.4 is 10.1 Å². The Bertz CT molecular complexity index is 341. The maximum atomic E-state index is 12.6. The Balaban J connectivity index is 0.00000225. The van der Waals surface area contributed by atoms with Crippen molar-refractivity contribution in [3.8, 4) is 5.75 Å². The van der Waals surface area contributed by atoms with Gasteiger partial charge in [0.15, 0.2) is 0 Å². The van der Waals surface area contributed by atoms with Gasteiger partial charge < -0.3 is 10.1 Å². The fraction of sp³-hybridized carbons (Fsp3) is 0.400. The monoisotopic (exact) mass is 255 g/mol. The van der Waals surface area contributed by atoms with E-state index in [2.05, 4.69) is 5.32 Å². The molecular weight excluding hydrogens is 243 g/mol. The van der Waals surface area contributed by atoms with Crippen molar-refractivity contribution in [2.45, 2.75) is 12.7 Å². The summed E-state index contributed by atoms with van der Waals surface area (Å²) in [5, 5.41) is 2.69. The van der Waals surface area contributed by atoms with Crippen LogP contribution >= 0.6 is 12.4 Å². The molecule has 0 aromatic heterocycles. The lowest BCUT2D eigenvalue weighted by atomic mass is 10.1. The number of methoxy groups -OCH3 is 1. The van der Waals surface area contributed by atoms with Crippen LogP contribution in [0.2, 0.25) is 0 Å². The minimum absolute atomic E-state index is 0. The number of hydrogen-bond acceptors (Lipinski definition) is 2. The summed E-state index contributed by atoms with van der Waals surface area (Å²) in [6.45, 7) is 0.179. The molecule has 0 saturated heterocycles. The third kappa shape index (κ3) is 3.57. The van der Waals surface area contributed by atoms with Crippen molar-refractivity contribution in [1.82, 2.24) is 5.32 Å². The molecule has 0 radical (unpaired) electrons. The molecule has 92 valence electrons. The molecule has 2 nitrogen and oxygen atoms in total. The van der Waals surface area contributed by atoms with E-state index in [1.807, 2.05) is 0 Å². The van der Waals surface area contributed by atoms with Crippen molar-refractivity contribution >= 4 is 12.4 Å². The standard InChI is InChI=1S/C10H12F3NO.ClH/c1-14-6-7-3-4-8(15-2)5-9(7)10(11,12)13;/h3-5,14H,6H2,1-2H3;1H. The highest BCUT2D eigenvalue weighted by molar-refractivity contribution is 5.85. The highest BCUT2D eigenvalue weighted by Crippen LogP contribution is 2.34. The van der Waals surface area contributed by atoms with E-state index in [-0.39, 0.29) is 30.3 Å². The summed E-state index contributed by atoms with van der Waals surface area (Å²) in [5.74, 6) is 0.210. The van der Waals surface area contributed by atoms with E-state index in [9.17, 15) is 13.2 Å². The van der Waals surface area contributed by atoms with Crippen LogP contribution in [0.4, 0.5) is 13.2 Å². The molecule has 0 fully saturated rings. The maximum absolute atomic E-state index is 12.6. The molecule has 0 atom stereocenters. The zero-order valence-corrected chi connectivity index (χ0v) is 9.71. The highest BCUT2D eigenvalue weighted by Gasteiger charge is 2.33. The van der Waals surface area contributed by atoms with E-state index in [1.165, 1.54) is 19.2 Å². The SMILES string of the molecule is CNCc1ccc(OC)cc1C(F)(F)F.Cl. The molecule has 0 spiro atoms. The minimum Gasteiger partial charge on any atom is -0.497 e. The van der Waals surface area contributed by atoms with Gasteiger partial charge in [0, 0.05) is 6.54 Å². The van der Waals surface area contributed by atoms with Gasteiger partial charge in [-0.05, 0) is 24.7 Å². The largest absolute Gasteiger partial charge is 0.497 e. The molecule has 0 heterocycles. The molecule has 0 saturated carbocycles. The zero-order chi connectivity index (χ0) is 11.5. The van der Waals surface area contributed by atoms with Crippen molar-refractivity contribution in [2.24, 2.45) is 0 Å². The van der Waals surface area contributed by atoms with E-state index in [1.54, 1.807) is 7.05 Å². The van der Waals surface area contributed by atoms with Gasteiger partial charge in [0.1, 0.15) is 5.75 Å². The summed E-state index contributed by atoms with van der Waals surface area (Å²) in [6, 6.07) is 3.94. The average Bonchev–Trinajstić information content (AvgIpc) is 2.17.